The van der Waals surface area contributed by atoms with E-state index in [-0.39, 0.29) is 11.8 Å². The van der Waals surface area contributed by atoms with Crippen molar-refractivity contribution in [3.8, 4) is 0 Å². The number of alkyl halides is 2. The van der Waals surface area contributed by atoms with Gasteiger partial charge in [-0.3, -0.25) is 10.1 Å². The summed E-state index contributed by atoms with van der Waals surface area (Å²) in [5.74, 6) is 0.0959. The molecule has 1 aliphatic rings. The van der Waals surface area contributed by atoms with Crippen LogP contribution in [0.5, 0.6) is 0 Å². The summed E-state index contributed by atoms with van der Waals surface area (Å²) in [4.78, 5) is 11.6. The number of aromatic nitrogens is 1. The van der Waals surface area contributed by atoms with Crippen LogP contribution in [0.15, 0.2) is 16.7 Å². The molecule has 4 nitrogen and oxygen atoms in total. The summed E-state index contributed by atoms with van der Waals surface area (Å²) in [6.07, 6.45) is 5.98. The summed E-state index contributed by atoms with van der Waals surface area (Å²) < 4.78 is 18.0. The van der Waals surface area contributed by atoms with Gasteiger partial charge >= 0.3 is 0 Å². The normalized spacial score (nSPS) is 25.1. The molecule has 0 radical (unpaired) electrons. The maximum atomic E-state index is 13.0. The molecule has 1 saturated carbocycles. The summed E-state index contributed by atoms with van der Waals surface area (Å²) in [5.41, 5.74) is 1.58. The van der Waals surface area contributed by atoms with Gasteiger partial charge in [-0.2, -0.15) is 0 Å². The lowest BCUT2D eigenvalue weighted by atomic mass is 10.1. The van der Waals surface area contributed by atoms with E-state index < -0.39 is 5.13 Å². The van der Waals surface area contributed by atoms with E-state index in [1.807, 2.05) is 13.8 Å². The van der Waals surface area contributed by atoms with Crippen LogP contribution in [0.4, 0.5) is 10.3 Å². The molecule has 0 saturated heterocycles. The molecule has 2 rings (SSSR count). The van der Waals surface area contributed by atoms with Crippen molar-refractivity contribution in [2.75, 3.05) is 5.32 Å². The van der Waals surface area contributed by atoms with Crippen molar-refractivity contribution in [1.82, 2.24) is 5.16 Å². The van der Waals surface area contributed by atoms with Crippen molar-refractivity contribution < 1.29 is 13.7 Å². The molecule has 2 unspecified atom stereocenters. The second-order valence-electron chi connectivity index (χ2n) is 5.21. The third kappa shape index (κ3) is 3.82. The fourth-order valence-corrected chi connectivity index (χ4v) is 2.24. The van der Waals surface area contributed by atoms with E-state index in [2.05, 4.69) is 10.5 Å². The zero-order chi connectivity index (χ0) is 14.8. The van der Waals surface area contributed by atoms with E-state index in [9.17, 15) is 9.18 Å². The molecule has 0 aliphatic heterocycles. The predicted molar refractivity (Wildman–Crippen MR) is 75.4 cm³/mol. The maximum Gasteiger partial charge on any atom is 0.250 e. The first kappa shape index (κ1) is 15.0. The molecule has 1 aliphatic carbocycles. The lowest BCUT2D eigenvalue weighted by molar-refractivity contribution is -0.112. The Morgan fingerprint density at radius 1 is 1.65 bits per heavy atom. The topological polar surface area (TPSA) is 55.1 Å². The number of hydrogen-bond acceptors (Lipinski definition) is 3. The third-order valence-electron chi connectivity index (χ3n) is 3.54. The number of allylic oxidation sites excluding steroid dienone is 1. The van der Waals surface area contributed by atoms with Gasteiger partial charge in [-0.1, -0.05) is 22.8 Å². The van der Waals surface area contributed by atoms with Crippen LogP contribution < -0.4 is 5.32 Å². The van der Waals surface area contributed by atoms with E-state index in [0.29, 0.717) is 12.3 Å². The quantitative estimate of drug-likeness (QED) is 0.493. The van der Waals surface area contributed by atoms with Crippen molar-refractivity contribution in [2.24, 2.45) is 5.92 Å². The van der Waals surface area contributed by atoms with Gasteiger partial charge in [0.1, 0.15) is 0 Å². The first-order chi connectivity index (χ1) is 9.40. The van der Waals surface area contributed by atoms with Crippen LogP contribution in [0, 0.1) is 19.8 Å². The zero-order valence-electron chi connectivity index (χ0n) is 11.6. The lowest BCUT2D eigenvalue weighted by Crippen LogP contribution is -2.07. The Labute approximate surface area is 122 Å². The molecule has 1 heterocycles. The zero-order valence-corrected chi connectivity index (χ0v) is 12.3. The molecule has 110 valence electrons. The van der Waals surface area contributed by atoms with Gasteiger partial charge in [-0.25, -0.2) is 4.39 Å². The van der Waals surface area contributed by atoms with Crippen LogP contribution in [0.25, 0.3) is 0 Å². The van der Waals surface area contributed by atoms with Crippen molar-refractivity contribution in [3.63, 3.8) is 0 Å². The van der Waals surface area contributed by atoms with E-state index in [0.717, 1.165) is 30.5 Å². The SMILES string of the molecule is Cc1noc(NC(=O)/C=C/CCCC2CC2(F)Cl)c1C. The molecule has 1 fully saturated rings. The number of unbranched alkanes of at least 4 members (excludes halogenated alkanes) is 1. The van der Waals surface area contributed by atoms with E-state index >= 15 is 0 Å². The van der Waals surface area contributed by atoms with Crippen molar-refractivity contribution in [3.05, 3.63) is 23.4 Å². The monoisotopic (exact) mass is 300 g/mol. The smallest absolute Gasteiger partial charge is 0.250 e. The Morgan fingerprint density at radius 3 is 2.90 bits per heavy atom. The molecule has 0 aromatic carbocycles. The average Bonchev–Trinajstić information content (AvgIpc) is 2.88. The van der Waals surface area contributed by atoms with Gasteiger partial charge in [-0.05, 0) is 39.2 Å². The fraction of sp³-hybridized carbons (Fsp3) is 0.571. The highest BCUT2D eigenvalue weighted by Crippen LogP contribution is 2.53. The van der Waals surface area contributed by atoms with E-state index in [4.69, 9.17) is 16.1 Å². The second kappa shape index (κ2) is 5.95. The molecule has 1 N–H and O–H groups in total. The summed E-state index contributed by atoms with van der Waals surface area (Å²) in [7, 11) is 0. The molecule has 20 heavy (non-hydrogen) atoms. The summed E-state index contributed by atoms with van der Waals surface area (Å²) in [6, 6.07) is 0. The van der Waals surface area contributed by atoms with Crippen LogP contribution >= 0.6 is 11.6 Å². The van der Waals surface area contributed by atoms with Gasteiger partial charge in [0.2, 0.25) is 11.8 Å². The van der Waals surface area contributed by atoms with Crippen LogP contribution in [0.2, 0.25) is 0 Å². The van der Waals surface area contributed by atoms with Crippen molar-refractivity contribution in [2.45, 2.75) is 44.7 Å². The van der Waals surface area contributed by atoms with E-state index in [1.54, 1.807) is 6.08 Å². The largest absolute Gasteiger partial charge is 0.338 e. The van der Waals surface area contributed by atoms with Crippen molar-refractivity contribution in [1.29, 1.82) is 0 Å². The summed E-state index contributed by atoms with van der Waals surface area (Å²) in [6.45, 7) is 3.64. The van der Waals surface area contributed by atoms with Gasteiger partial charge in [0.15, 0.2) is 5.13 Å². The minimum atomic E-state index is -1.47. The van der Waals surface area contributed by atoms with Crippen LogP contribution in [-0.2, 0) is 4.79 Å². The summed E-state index contributed by atoms with van der Waals surface area (Å²) >= 11 is 5.51. The Kier molecular flexibility index (Phi) is 4.48. The Bertz CT molecular complexity index is 525. The number of carbonyl (C=O) groups is 1. The Hall–Kier alpha value is -1.36. The number of nitrogens with zero attached hydrogens (tertiary/aromatic N) is 1. The number of nitrogens with one attached hydrogen (secondary N) is 1. The molecular formula is C14H18ClFN2O2. The number of hydrogen-bond donors (Lipinski definition) is 1. The first-order valence-electron chi connectivity index (χ1n) is 6.68. The van der Waals surface area contributed by atoms with Crippen LogP contribution in [0.1, 0.15) is 36.9 Å². The number of carbonyl (C=O) groups excluding carboxylic acids is 1. The molecule has 0 bridgehead atoms. The van der Waals surface area contributed by atoms with Crippen molar-refractivity contribution >= 4 is 23.4 Å². The number of anilines is 1. The van der Waals surface area contributed by atoms with E-state index in [1.165, 1.54) is 6.08 Å². The first-order valence-corrected chi connectivity index (χ1v) is 7.06. The highest BCUT2D eigenvalue weighted by molar-refractivity contribution is 6.24. The Balaban J connectivity index is 1.67. The van der Waals surface area contributed by atoms with Crippen LogP contribution in [0.3, 0.4) is 0 Å². The highest BCUT2D eigenvalue weighted by Gasteiger charge is 2.53. The van der Waals surface area contributed by atoms with Gasteiger partial charge in [-0.15, -0.1) is 0 Å². The number of halogens is 2. The van der Waals surface area contributed by atoms with Gasteiger partial charge in [0.05, 0.1) is 5.69 Å². The van der Waals surface area contributed by atoms with Gasteiger partial charge < -0.3 is 4.52 Å². The minimum Gasteiger partial charge on any atom is -0.338 e. The minimum absolute atomic E-state index is 0.0220. The number of amides is 1. The molecule has 2 atom stereocenters. The molecule has 6 heteroatoms. The standard InChI is InChI=1S/C14H18ClFN2O2/c1-9-10(2)18-20-13(9)17-12(19)7-5-3-4-6-11-8-14(11,15)16/h5,7,11H,3-4,6,8H2,1-2H3,(H,17,19)/b7-5+. The Morgan fingerprint density at radius 2 is 2.35 bits per heavy atom. The third-order valence-corrected chi connectivity index (χ3v) is 4.01. The molecule has 1 aromatic rings. The molecular weight excluding hydrogens is 283 g/mol. The number of rotatable bonds is 6. The predicted octanol–water partition coefficient (Wildman–Crippen LogP) is 3.88. The molecule has 1 aromatic heterocycles. The summed E-state index contributed by atoms with van der Waals surface area (Å²) in [5, 5.41) is 4.91. The molecule has 1 amide bonds. The average molecular weight is 301 g/mol. The second-order valence-corrected chi connectivity index (χ2v) is 5.84. The van der Waals surface area contributed by atoms with Crippen LogP contribution in [-0.4, -0.2) is 16.2 Å². The maximum absolute atomic E-state index is 13.0. The van der Waals surface area contributed by atoms with Gasteiger partial charge in [0.25, 0.3) is 0 Å². The number of aryl methyl sites for hydroxylation is 1. The fourth-order valence-electron chi connectivity index (χ4n) is 1.94. The highest BCUT2D eigenvalue weighted by atomic mass is 35.5. The van der Waals surface area contributed by atoms with Gasteiger partial charge in [0, 0.05) is 17.9 Å². The molecule has 0 spiro atoms. The lowest BCUT2D eigenvalue weighted by Gasteiger charge is -1.98.